The minimum atomic E-state index is 0.394. The first-order valence-electron chi connectivity index (χ1n) is 7.43. The number of anilines is 1. The smallest absolute Gasteiger partial charge is 0.0603 e. The van der Waals surface area contributed by atoms with E-state index in [1.165, 1.54) is 29.0 Å². The minimum Gasteiger partial charge on any atom is -0.367 e. The second kappa shape index (κ2) is 6.51. The van der Waals surface area contributed by atoms with Crippen LogP contribution in [0.5, 0.6) is 0 Å². The number of nitrogens with zero attached hydrogens (tertiary/aromatic N) is 1. The van der Waals surface area contributed by atoms with Crippen LogP contribution in [0.1, 0.15) is 36.2 Å². The zero-order valence-corrected chi connectivity index (χ0v) is 14.9. The molecule has 1 aliphatic rings. The van der Waals surface area contributed by atoms with Gasteiger partial charge in [0.05, 0.1) is 6.04 Å². The molecular formula is C17H21BrN2S. The van der Waals surface area contributed by atoms with Crippen LogP contribution in [0.25, 0.3) is 0 Å². The van der Waals surface area contributed by atoms with Gasteiger partial charge < -0.3 is 10.2 Å². The number of hydrogen-bond acceptors (Lipinski definition) is 3. The topological polar surface area (TPSA) is 15.3 Å². The van der Waals surface area contributed by atoms with Crippen molar-refractivity contribution < 1.29 is 0 Å². The molecule has 0 aliphatic heterocycles. The SMILES string of the molecule is CC(c1cccs1)N(C)c1ccc(Br)cc1CNC1CC1. The molecule has 2 aromatic rings. The van der Waals surface area contributed by atoms with Gasteiger partial charge in [-0.1, -0.05) is 22.0 Å². The summed E-state index contributed by atoms with van der Waals surface area (Å²) in [6.07, 6.45) is 2.65. The summed E-state index contributed by atoms with van der Waals surface area (Å²) in [5.41, 5.74) is 2.68. The Kier molecular flexibility index (Phi) is 4.67. The summed E-state index contributed by atoms with van der Waals surface area (Å²) in [5, 5.41) is 5.77. The summed E-state index contributed by atoms with van der Waals surface area (Å²) in [4.78, 5) is 3.78. The second-order valence-electron chi connectivity index (χ2n) is 5.73. The predicted molar refractivity (Wildman–Crippen MR) is 95.1 cm³/mol. The fraction of sp³-hybridized carbons (Fsp3) is 0.412. The van der Waals surface area contributed by atoms with Gasteiger partial charge in [0.2, 0.25) is 0 Å². The Hall–Kier alpha value is -0.840. The molecule has 0 radical (unpaired) electrons. The molecule has 1 fully saturated rings. The van der Waals surface area contributed by atoms with Crippen molar-refractivity contribution in [3.8, 4) is 0 Å². The fourth-order valence-corrected chi connectivity index (χ4v) is 3.74. The molecular weight excluding hydrogens is 344 g/mol. The van der Waals surface area contributed by atoms with Crippen LogP contribution in [0.15, 0.2) is 40.2 Å². The predicted octanol–water partition coefficient (Wildman–Crippen LogP) is 4.96. The van der Waals surface area contributed by atoms with Crippen LogP contribution in [-0.2, 0) is 6.54 Å². The van der Waals surface area contributed by atoms with E-state index in [1.54, 1.807) is 0 Å². The highest BCUT2D eigenvalue weighted by Gasteiger charge is 2.22. The zero-order valence-electron chi connectivity index (χ0n) is 12.5. The molecule has 3 rings (SSSR count). The van der Waals surface area contributed by atoms with Crippen molar-refractivity contribution in [1.29, 1.82) is 0 Å². The van der Waals surface area contributed by atoms with Crippen LogP contribution in [0.4, 0.5) is 5.69 Å². The molecule has 1 N–H and O–H groups in total. The molecule has 1 heterocycles. The Bertz CT molecular complexity index is 593. The van der Waals surface area contributed by atoms with Crippen molar-refractivity contribution in [2.45, 2.75) is 38.4 Å². The van der Waals surface area contributed by atoms with Crippen LogP contribution in [0.3, 0.4) is 0 Å². The number of halogens is 1. The summed E-state index contributed by atoms with van der Waals surface area (Å²) in [7, 11) is 2.19. The number of thiophene rings is 1. The summed E-state index contributed by atoms with van der Waals surface area (Å²) >= 11 is 5.42. The Balaban J connectivity index is 1.81. The number of nitrogens with one attached hydrogen (secondary N) is 1. The highest BCUT2D eigenvalue weighted by molar-refractivity contribution is 9.10. The van der Waals surface area contributed by atoms with Crippen molar-refractivity contribution in [3.05, 3.63) is 50.6 Å². The Morgan fingerprint density at radius 1 is 1.38 bits per heavy atom. The largest absolute Gasteiger partial charge is 0.367 e. The van der Waals surface area contributed by atoms with E-state index >= 15 is 0 Å². The molecule has 21 heavy (non-hydrogen) atoms. The highest BCUT2D eigenvalue weighted by Crippen LogP contribution is 2.32. The first kappa shape index (κ1) is 15.1. The number of benzene rings is 1. The van der Waals surface area contributed by atoms with Crippen molar-refractivity contribution in [2.24, 2.45) is 0 Å². The van der Waals surface area contributed by atoms with E-state index in [0.29, 0.717) is 6.04 Å². The van der Waals surface area contributed by atoms with Crippen LogP contribution in [-0.4, -0.2) is 13.1 Å². The van der Waals surface area contributed by atoms with E-state index in [0.717, 1.165) is 17.1 Å². The van der Waals surface area contributed by atoms with Crippen LogP contribution in [0, 0.1) is 0 Å². The number of hydrogen-bond donors (Lipinski definition) is 1. The molecule has 4 heteroatoms. The third kappa shape index (κ3) is 3.68. The molecule has 1 aromatic carbocycles. The number of rotatable bonds is 6. The van der Waals surface area contributed by atoms with Gasteiger partial charge in [0.25, 0.3) is 0 Å². The van der Waals surface area contributed by atoms with Crippen molar-refractivity contribution in [2.75, 3.05) is 11.9 Å². The van der Waals surface area contributed by atoms with Gasteiger partial charge >= 0.3 is 0 Å². The van der Waals surface area contributed by atoms with Gasteiger partial charge in [0.15, 0.2) is 0 Å². The lowest BCUT2D eigenvalue weighted by atomic mass is 10.1. The van der Waals surface area contributed by atoms with E-state index in [2.05, 4.69) is 75.8 Å². The van der Waals surface area contributed by atoms with Gasteiger partial charge in [0.1, 0.15) is 0 Å². The maximum atomic E-state index is 3.62. The monoisotopic (exact) mass is 364 g/mol. The van der Waals surface area contributed by atoms with Gasteiger partial charge in [-0.15, -0.1) is 11.3 Å². The molecule has 1 saturated carbocycles. The van der Waals surface area contributed by atoms with Gasteiger partial charge in [0, 0.05) is 34.7 Å². The first-order valence-corrected chi connectivity index (χ1v) is 9.10. The first-order chi connectivity index (χ1) is 10.1. The van der Waals surface area contributed by atoms with Crippen molar-refractivity contribution in [3.63, 3.8) is 0 Å². The molecule has 0 spiro atoms. The quantitative estimate of drug-likeness (QED) is 0.778. The molecule has 0 amide bonds. The van der Waals surface area contributed by atoms with E-state index in [1.807, 2.05) is 11.3 Å². The third-order valence-electron chi connectivity index (χ3n) is 4.12. The maximum absolute atomic E-state index is 3.62. The zero-order chi connectivity index (χ0) is 14.8. The van der Waals surface area contributed by atoms with Gasteiger partial charge in [-0.05, 0) is 55.0 Å². The van der Waals surface area contributed by atoms with Gasteiger partial charge in [-0.2, -0.15) is 0 Å². The second-order valence-corrected chi connectivity index (χ2v) is 7.63. The Labute approximate surface area is 139 Å². The van der Waals surface area contributed by atoms with Crippen molar-refractivity contribution >= 4 is 33.0 Å². The van der Waals surface area contributed by atoms with Crippen LogP contribution >= 0.6 is 27.3 Å². The van der Waals surface area contributed by atoms with E-state index < -0.39 is 0 Å². The van der Waals surface area contributed by atoms with Crippen LogP contribution < -0.4 is 10.2 Å². The normalized spacial score (nSPS) is 16.0. The lowest BCUT2D eigenvalue weighted by Crippen LogP contribution is -2.24. The molecule has 0 saturated heterocycles. The van der Waals surface area contributed by atoms with E-state index in [-0.39, 0.29) is 0 Å². The molecule has 1 unspecified atom stereocenters. The van der Waals surface area contributed by atoms with E-state index in [4.69, 9.17) is 0 Å². The standard InChI is InChI=1S/C17H21BrN2S/c1-12(17-4-3-9-21-17)20(2)16-8-5-14(18)10-13(16)11-19-15-6-7-15/h3-5,8-10,12,15,19H,6-7,11H2,1-2H3. The molecule has 1 atom stereocenters. The molecule has 1 aliphatic carbocycles. The molecule has 0 bridgehead atoms. The summed E-state index contributed by atoms with van der Waals surface area (Å²) < 4.78 is 1.15. The van der Waals surface area contributed by atoms with Crippen LogP contribution in [0.2, 0.25) is 0 Å². The average molecular weight is 365 g/mol. The van der Waals surface area contributed by atoms with Gasteiger partial charge in [-0.25, -0.2) is 0 Å². The molecule has 112 valence electrons. The third-order valence-corrected chi connectivity index (χ3v) is 5.65. The molecule has 2 nitrogen and oxygen atoms in total. The minimum absolute atomic E-state index is 0.394. The lowest BCUT2D eigenvalue weighted by Gasteiger charge is -2.28. The molecule has 1 aromatic heterocycles. The summed E-state index contributed by atoms with van der Waals surface area (Å²) in [6, 6.07) is 12.1. The average Bonchev–Trinajstić information content (AvgIpc) is 3.15. The fourth-order valence-electron chi connectivity index (χ4n) is 2.51. The Morgan fingerprint density at radius 3 is 2.86 bits per heavy atom. The summed E-state index contributed by atoms with van der Waals surface area (Å²) in [5.74, 6) is 0. The Morgan fingerprint density at radius 2 is 2.19 bits per heavy atom. The maximum Gasteiger partial charge on any atom is 0.0603 e. The van der Waals surface area contributed by atoms with Crippen molar-refractivity contribution in [1.82, 2.24) is 5.32 Å². The highest BCUT2D eigenvalue weighted by atomic mass is 79.9. The lowest BCUT2D eigenvalue weighted by molar-refractivity contribution is 0.678. The summed E-state index contributed by atoms with van der Waals surface area (Å²) in [6.45, 7) is 3.22. The van der Waals surface area contributed by atoms with Gasteiger partial charge in [-0.3, -0.25) is 0 Å². The van der Waals surface area contributed by atoms with E-state index in [9.17, 15) is 0 Å².